The first-order valence-corrected chi connectivity index (χ1v) is 7.50. The largest absolute Gasteiger partial charge is 0.389 e. The van der Waals surface area contributed by atoms with Gasteiger partial charge in [-0.15, -0.1) is 0 Å². The van der Waals surface area contributed by atoms with Crippen LogP contribution in [0.1, 0.15) is 36.1 Å². The molecule has 19 heavy (non-hydrogen) atoms. The summed E-state index contributed by atoms with van der Waals surface area (Å²) in [6.07, 6.45) is 4.13. The van der Waals surface area contributed by atoms with Gasteiger partial charge in [-0.2, -0.15) is 0 Å². The van der Waals surface area contributed by atoms with E-state index in [1.807, 2.05) is 6.92 Å². The molecule has 2 heterocycles. The van der Waals surface area contributed by atoms with Crippen molar-refractivity contribution in [2.45, 2.75) is 33.1 Å². The van der Waals surface area contributed by atoms with Crippen LogP contribution in [-0.2, 0) is 0 Å². The molecule has 3 nitrogen and oxygen atoms in total. The Kier molecular flexibility index (Phi) is 3.21. The summed E-state index contributed by atoms with van der Waals surface area (Å²) in [5.41, 5.74) is 9.08. The fraction of sp³-hybridized carbons (Fsp3) is 0.600. The molecule has 2 fully saturated rings. The summed E-state index contributed by atoms with van der Waals surface area (Å²) in [5, 5.41) is 0. The number of hydrogen-bond acceptors (Lipinski definition) is 3. The van der Waals surface area contributed by atoms with E-state index in [2.05, 4.69) is 17.9 Å². The van der Waals surface area contributed by atoms with E-state index < -0.39 is 0 Å². The molecule has 2 unspecified atom stereocenters. The molecule has 2 atom stereocenters. The number of rotatable bonds is 2. The third-order valence-corrected chi connectivity index (χ3v) is 4.80. The van der Waals surface area contributed by atoms with Crippen LogP contribution in [0, 0.1) is 25.7 Å². The van der Waals surface area contributed by atoms with Gasteiger partial charge < -0.3 is 10.6 Å². The number of fused-ring (bicyclic) bond motifs is 1. The Morgan fingerprint density at radius 1 is 1.32 bits per heavy atom. The van der Waals surface area contributed by atoms with Crippen molar-refractivity contribution >= 4 is 23.0 Å². The van der Waals surface area contributed by atoms with Gasteiger partial charge in [0.25, 0.3) is 0 Å². The second-order valence-corrected chi connectivity index (χ2v) is 6.44. The quantitative estimate of drug-likeness (QED) is 0.842. The Hall–Kier alpha value is -1.16. The number of thiocarbonyl (C=S) groups is 1. The average molecular weight is 275 g/mol. The van der Waals surface area contributed by atoms with E-state index in [0.717, 1.165) is 47.6 Å². The summed E-state index contributed by atoms with van der Waals surface area (Å²) in [6.45, 7) is 6.35. The maximum atomic E-state index is 5.91. The highest BCUT2D eigenvalue weighted by atomic mass is 32.1. The van der Waals surface area contributed by atoms with Gasteiger partial charge in [-0.1, -0.05) is 18.6 Å². The number of aryl methyl sites for hydroxylation is 2. The van der Waals surface area contributed by atoms with Crippen LogP contribution in [0.3, 0.4) is 0 Å². The van der Waals surface area contributed by atoms with Crippen molar-refractivity contribution in [2.24, 2.45) is 17.6 Å². The van der Waals surface area contributed by atoms with Crippen LogP contribution in [0.4, 0.5) is 5.82 Å². The van der Waals surface area contributed by atoms with Crippen LogP contribution in [0.2, 0.25) is 0 Å². The van der Waals surface area contributed by atoms with Crippen LogP contribution in [0.5, 0.6) is 0 Å². The standard InChI is InChI=1S/C15H21N3S/c1-9-6-10(2)17-15(13(9)14(16)19)18-7-11-4-3-5-12(11)8-18/h6,11-12H,3-5,7-8H2,1-2H3,(H2,16,19). The molecule has 1 aromatic rings. The zero-order valence-electron chi connectivity index (χ0n) is 11.6. The Bertz CT molecular complexity index is 514. The molecule has 1 aromatic heterocycles. The van der Waals surface area contributed by atoms with E-state index in [-0.39, 0.29) is 0 Å². The van der Waals surface area contributed by atoms with Gasteiger partial charge in [0.1, 0.15) is 10.8 Å². The van der Waals surface area contributed by atoms with Crippen molar-refractivity contribution < 1.29 is 0 Å². The summed E-state index contributed by atoms with van der Waals surface area (Å²) >= 11 is 5.23. The number of nitrogens with zero attached hydrogens (tertiary/aromatic N) is 2. The van der Waals surface area contributed by atoms with Gasteiger partial charge in [0.2, 0.25) is 0 Å². The maximum absolute atomic E-state index is 5.91. The van der Waals surface area contributed by atoms with E-state index in [9.17, 15) is 0 Å². The molecule has 0 aromatic carbocycles. The van der Waals surface area contributed by atoms with Crippen molar-refractivity contribution in [3.63, 3.8) is 0 Å². The number of hydrogen-bond donors (Lipinski definition) is 1. The van der Waals surface area contributed by atoms with Gasteiger partial charge in [-0.3, -0.25) is 0 Å². The number of pyridine rings is 1. The van der Waals surface area contributed by atoms with Gasteiger partial charge in [-0.05, 0) is 50.2 Å². The molecule has 1 aliphatic carbocycles. The van der Waals surface area contributed by atoms with E-state index in [1.54, 1.807) is 0 Å². The first kappa shape index (κ1) is 12.9. The predicted octanol–water partition coefficient (Wildman–Crippen LogP) is 2.57. The van der Waals surface area contributed by atoms with Gasteiger partial charge in [0.05, 0.1) is 5.56 Å². The topological polar surface area (TPSA) is 42.1 Å². The molecule has 0 radical (unpaired) electrons. The molecule has 3 rings (SSSR count). The van der Waals surface area contributed by atoms with Crippen molar-refractivity contribution in [1.29, 1.82) is 0 Å². The van der Waals surface area contributed by atoms with E-state index in [4.69, 9.17) is 22.9 Å². The van der Waals surface area contributed by atoms with Crippen molar-refractivity contribution in [3.05, 3.63) is 22.9 Å². The summed E-state index contributed by atoms with van der Waals surface area (Å²) < 4.78 is 0. The molecular formula is C15H21N3S. The smallest absolute Gasteiger partial charge is 0.139 e. The summed E-state index contributed by atoms with van der Waals surface area (Å²) in [4.78, 5) is 7.60. The zero-order valence-corrected chi connectivity index (χ0v) is 12.5. The highest BCUT2D eigenvalue weighted by molar-refractivity contribution is 7.80. The van der Waals surface area contributed by atoms with Gasteiger partial charge >= 0.3 is 0 Å². The molecule has 0 amide bonds. The Morgan fingerprint density at radius 3 is 2.53 bits per heavy atom. The van der Waals surface area contributed by atoms with Crippen molar-refractivity contribution in [3.8, 4) is 0 Å². The predicted molar refractivity (Wildman–Crippen MR) is 82.6 cm³/mol. The van der Waals surface area contributed by atoms with Crippen LogP contribution < -0.4 is 10.6 Å². The van der Waals surface area contributed by atoms with E-state index in [0.29, 0.717) is 4.99 Å². The fourth-order valence-electron chi connectivity index (χ4n) is 3.76. The lowest BCUT2D eigenvalue weighted by molar-refractivity contribution is 0.494. The van der Waals surface area contributed by atoms with Crippen molar-refractivity contribution in [1.82, 2.24) is 4.98 Å². The minimum Gasteiger partial charge on any atom is -0.389 e. The summed E-state index contributed by atoms with van der Waals surface area (Å²) in [6, 6.07) is 2.06. The SMILES string of the molecule is Cc1cc(C)c(C(N)=S)c(N2CC3CCCC3C2)n1. The van der Waals surface area contributed by atoms with Gasteiger partial charge in [0, 0.05) is 18.8 Å². The summed E-state index contributed by atoms with van der Waals surface area (Å²) in [5.74, 6) is 2.71. The minimum atomic E-state index is 0.469. The van der Waals surface area contributed by atoms with Crippen LogP contribution in [0.15, 0.2) is 6.07 Å². The molecule has 0 bridgehead atoms. The van der Waals surface area contributed by atoms with Crippen LogP contribution in [-0.4, -0.2) is 23.1 Å². The van der Waals surface area contributed by atoms with Crippen molar-refractivity contribution in [2.75, 3.05) is 18.0 Å². The lowest BCUT2D eigenvalue weighted by Crippen LogP contribution is -2.27. The third kappa shape index (κ3) is 2.22. The average Bonchev–Trinajstić information content (AvgIpc) is 2.86. The Morgan fingerprint density at radius 2 is 1.95 bits per heavy atom. The maximum Gasteiger partial charge on any atom is 0.139 e. The molecule has 2 aliphatic rings. The summed E-state index contributed by atoms with van der Waals surface area (Å²) in [7, 11) is 0. The minimum absolute atomic E-state index is 0.469. The molecule has 2 N–H and O–H groups in total. The first-order valence-electron chi connectivity index (χ1n) is 7.09. The molecule has 1 saturated carbocycles. The van der Waals surface area contributed by atoms with E-state index in [1.165, 1.54) is 19.3 Å². The molecule has 0 spiro atoms. The van der Waals surface area contributed by atoms with E-state index >= 15 is 0 Å². The first-order chi connectivity index (χ1) is 9.06. The normalized spacial score (nSPS) is 25.7. The molecular weight excluding hydrogens is 254 g/mol. The van der Waals surface area contributed by atoms with Gasteiger partial charge in [0.15, 0.2) is 0 Å². The van der Waals surface area contributed by atoms with Crippen LogP contribution in [0.25, 0.3) is 0 Å². The monoisotopic (exact) mass is 275 g/mol. The lowest BCUT2D eigenvalue weighted by Gasteiger charge is -2.23. The number of anilines is 1. The lowest BCUT2D eigenvalue weighted by atomic mass is 10.0. The van der Waals surface area contributed by atoms with Crippen LogP contribution >= 0.6 is 12.2 Å². The van der Waals surface area contributed by atoms with Gasteiger partial charge in [-0.25, -0.2) is 4.98 Å². The molecule has 102 valence electrons. The fourth-order valence-corrected chi connectivity index (χ4v) is 4.01. The highest BCUT2D eigenvalue weighted by Crippen LogP contribution is 2.40. The Balaban J connectivity index is 1.98. The third-order valence-electron chi connectivity index (χ3n) is 4.60. The molecule has 1 aliphatic heterocycles. The Labute approximate surface area is 120 Å². The molecule has 4 heteroatoms. The second-order valence-electron chi connectivity index (χ2n) is 6.00. The zero-order chi connectivity index (χ0) is 13.6. The highest BCUT2D eigenvalue weighted by Gasteiger charge is 2.37. The number of nitrogens with two attached hydrogens (primary N) is 1. The second kappa shape index (κ2) is 4.75. The molecule has 1 saturated heterocycles. The number of aromatic nitrogens is 1.